The Balaban J connectivity index is 3.52. The first-order chi connectivity index (χ1) is 5.62. The fourth-order valence-corrected chi connectivity index (χ4v) is 4.51. The number of carbonyl (C=O) groups excluding carboxylic acids is 1. The molecule has 12 heavy (non-hydrogen) atoms. The van der Waals surface area contributed by atoms with Crippen LogP contribution < -0.4 is 0 Å². The number of rotatable bonds is 6. The molecule has 0 atom stereocenters. The molecule has 0 unspecified atom stereocenters. The van der Waals surface area contributed by atoms with Crippen LogP contribution in [0.15, 0.2) is 4.99 Å². The Kier molecular flexibility index (Phi) is 6.19. The lowest BCUT2D eigenvalue weighted by atomic mass is 10.6. The second-order valence-corrected chi connectivity index (χ2v) is 8.60. The van der Waals surface area contributed by atoms with Crippen LogP contribution in [0, 0.1) is 0 Å². The highest BCUT2D eigenvalue weighted by molar-refractivity contribution is 6.75. The maximum atomic E-state index is 9.72. The standard InChI is InChI=1S/C7H15NO2Si2/c1-4-5-12(2,3)10-11-7-8-6-9/h4-5,7H2,1-3H3. The van der Waals surface area contributed by atoms with E-state index in [1.807, 2.05) is 0 Å². The molecule has 0 aliphatic carbocycles. The molecule has 0 aromatic heterocycles. The first-order valence-corrected chi connectivity index (χ1v) is 8.30. The van der Waals surface area contributed by atoms with Gasteiger partial charge in [0.1, 0.15) is 0 Å². The summed E-state index contributed by atoms with van der Waals surface area (Å²) in [7, 11) is -1.10. The average molecular weight is 201 g/mol. The number of nitrogens with zero attached hydrogens (tertiary/aromatic N) is 1. The van der Waals surface area contributed by atoms with E-state index < -0.39 is 8.32 Å². The molecule has 0 rings (SSSR count). The Morgan fingerprint density at radius 2 is 2.25 bits per heavy atom. The first-order valence-electron chi connectivity index (χ1n) is 4.07. The van der Waals surface area contributed by atoms with Crippen molar-refractivity contribution >= 4 is 24.2 Å². The van der Waals surface area contributed by atoms with Crippen LogP contribution >= 0.6 is 0 Å². The monoisotopic (exact) mass is 201 g/mol. The van der Waals surface area contributed by atoms with Crippen molar-refractivity contribution in [1.29, 1.82) is 0 Å². The average Bonchev–Trinajstić information content (AvgIpc) is 1.98. The number of hydrogen-bond acceptors (Lipinski definition) is 3. The van der Waals surface area contributed by atoms with Gasteiger partial charge in [-0.25, -0.2) is 9.79 Å². The predicted octanol–water partition coefficient (Wildman–Crippen LogP) is 1.53. The summed E-state index contributed by atoms with van der Waals surface area (Å²) in [5.41, 5.74) is 0. The van der Waals surface area contributed by atoms with Gasteiger partial charge in [-0.05, 0) is 19.1 Å². The van der Waals surface area contributed by atoms with Crippen LogP contribution in [0.2, 0.25) is 19.1 Å². The van der Waals surface area contributed by atoms with Crippen molar-refractivity contribution in [3.63, 3.8) is 0 Å². The molecule has 2 radical (unpaired) electrons. The van der Waals surface area contributed by atoms with E-state index in [9.17, 15) is 4.79 Å². The van der Waals surface area contributed by atoms with E-state index in [0.717, 1.165) is 0 Å². The van der Waals surface area contributed by atoms with Crippen LogP contribution in [-0.4, -0.2) is 30.3 Å². The molecule has 0 aromatic carbocycles. The summed E-state index contributed by atoms with van der Waals surface area (Å²) < 4.78 is 5.67. The molecule has 5 heteroatoms. The van der Waals surface area contributed by atoms with Gasteiger partial charge >= 0.3 is 0 Å². The van der Waals surface area contributed by atoms with Gasteiger partial charge < -0.3 is 4.12 Å². The molecule has 0 aliphatic rings. The molecule has 0 fully saturated rings. The molecule has 0 saturated carbocycles. The number of isocyanates is 1. The summed E-state index contributed by atoms with van der Waals surface area (Å²) >= 11 is 0. The predicted molar refractivity (Wildman–Crippen MR) is 52.4 cm³/mol. The summed E-state index contributed by atoms with van der Waals surface area (Å²) in [6, 6.07) is 1.17. The minimum Gasteiger partial charge on any atom is -0.455 e. The van der Waals surface area contributed by atoms with E-state index in [2.05, 4.69) is 25.0 Å². The molecule has 0 saturated heterocycles. The van der Waals surface area contributed by atoms with E-state index in [4.69, 9.17) is 4.12 Å². The highest BCUT2D eigenvalue weighted by Gasteiger charge is 2.20. The van der Waals surface area contributed by atoms with E-state index >= 15 is 0 Å². The van der Waals surface area contributed by atoms with Crippen molar-refractivity contribution in [2.75, 3.05) is 6.17 Å². The lowest BCUT2D eigenvalue weighted by Crippen LogP contribution is -2.32. The number of aliphatic imine (C=N–C) groups is 1. The molecule has 0 bridgehead atoms. The Morgan fingerprint density at radius 3 is 2.75 bits per heavy atom. The van der Waals surface area contributed by atoms with Crippen molar-refractivity contribution < 1.29 is 8.91 Å². The maximum Gasteiger partial charge on any atom is 0.240 e. The molecule has 0 aromatic rings. The fraction of sp³-hybridized carbons (Fsp3) is 0.857. The van der Waals surface area contributed by atoms with Gasteiger partial charge in [-0.15, -0.1) is 0 Å². The molecule has 0 heterocycles. The second-order valence-electron chi connectivity index (χ2n) is 3.16. The SMILES string of the molecule is CCC[Si](C)(C)O[Si]CN=C=O. The highest BCUT2D eigenvalue weighted by Crippen LogP contribution is 2.11. The molecule has 68 valence electrons. The van der Waals surface area contributed by atoms with E-state index in [1.165, 1.54) is 18.5 Å². The Bertz CT molecular complexity index is 167. The molecule has 0 amide bonds. The normalized spacial score (nSPS) is 10.9. The van der Waals surface area contributed by atoms with Crippen molar-refractivity contribution in [1.82, 2.24) is 0 Å². The third-order valence-electron chi connectivity index (χ3n) is 1.41. The Morgan fingerprint density at radius 1 is 1.58 bits per heavy atom. The van der Waals surface area contributed by atoms with Crippen LogP contribution in [0.4, 0.5) is 0 Å². The van der Waals surface area contributed by atoms with Gasteiger partial charge in [0.15, 0.2) is 8.32 Å². The van der Waals surface area contributed by atoms with Crippen molar-refractivity contribution in [3.05, 3.63) is 0 Å². The Labute approximate surface area is 77.3 Å². The molecular weight excluding hydrogens is 186 g/mol. The third-order valence-corrected chi connectivity index (χ3v) is 6.19. The summed E-state index contributed by atoms with van der Waals surface area (Å²) in [6.07, 6.45) is 3.15. The Hall–Kier alpha value is -0.226. The maximum absolute atomic E-state index is 9.72. The van der Waals surface area contributed by atoms with Gasteiger partial charge in [0.05, 0.1) is 6.17 Å². The minimum absolute atomic E-state index is 0.333. The highest BCUT2D eigenvalue weighted by atomic mass is 28.4. The van der Waals surface area contributed by atoms with Gasteiger partial charge in [0.25, 0.3) is 0 Å². The minimum atomic E-state index is -1.43. The molecule has 0 aliphatic heterocycles. The molecule has 0 N–H and O–H groups in total. The fourth-order valence-electron chi connectivity index (χ4n) is 0.945. The molecular formula is C7H15NO2Si2. The van der Waals surface area contributed by atoms with Crippen molar-refractivity contribution in [3.8, 4) is 0 Å². The van der Waals surface area contributed by atoms with E-state index in [-0.39, 0.29) is 0 Å². The van der Waals surface area contributed by atoms with Crippen molar-refractivity contribution in [2.24, 2.45) is 4.99 Å². The quantitative estimate of drug-likeness (QED) is 0.283. The zero-order chi connectivity index (χ0) is 9.45. The number of hydrogen-bond donors (Lipinski definition) is 0. The first kappa shape index (κ1) is 11.8. The van der Waals surface area contributed by atoms with Gasteiger partial charge in [0, 0.05) is 0 Å². The third kappa shape index (κ3) is 6.48. The largest absolute Gasteiger partial charge is 0.455 e. The van der Waals surface area contributed by atoms with Crippen LogP contribution in [-0.2, 0) is 8.91 Å². The summed E-state index contributed by atoms with van der Waals surface area (Å²) in [6.45, 7) is 6.53. The summed E-state index contributed by atoms with van der Waals surface area (Å²) in [4.78, 5) is 13.2. The zero-order valence-electron chi connectivity index (χ0n) is 7.89. The van der Waals surface area contributed by atoms with E-state index in [1.54, 1.807) is 0 Å². The summed E-state index contributed by atoms with van der Waals surface area (Å²) in [5, 5.41) is 0. The van der Waals surface area contributed by atoms with Crippen LogP contribution in [0.25, 0.3) is 0 Å². The summed E-state index contributed by atoms with van der Waals surface area (Å²) in [5.74, 6) is 0. The van der Waals surface area contributed by atoms with E-state index in [0.29, 0.717) is 15.9 Å². The second kappa shape index (κ2) is 6.31. The van der Waals surface area contributed by atoms with Gasteiger partial charge in [-0.3, -0.25) is 0 Å². The lowest BCUT2D eigenvalue weighted by Gasteiger charge is -2.21. The van der Waals surface area contributed by atoms with Gasteiger partial charge in [0.2, 0.25) is 15.8 Å². The molecule has 3 nitrogen and oxygen atoms in total. The van der Waals surface area contributed by atoms with Crippen molar-refractivity contribution in [2.45, 2.75) is 32.5 Å². The van der Waals surface area contributed by atoms with Crippen LogP contribution in [0.5, 0.6) is 0 Å². The van der Waals surface area contributed by atoms with Gasteiger partial charge in [-0.1, -0.05) is 13.3 Å². The topological polar surface area (TPSA) is 38.7 Å². The van der Waals surface area contributed by atoms with Crippen LogP contribution in [0.1, 0.15) is 13.3 Å². The smallest absolute Gasteiger partial charge is 0.240 e. The molecule has 0 spiro atoms. The zero-order valence-corrected chi connectivity index (χ0v) is 9.89. The van der Waals surface area contributed by atoms with Crippen LogP contribution in [0.3, 0.4) is 0 Å². The lowest BCUT2D eigenvalue weighted by molar-refractivity contribution is 0.561. The van der Waals surface area contributed by atoms with Gasteiger partial charge in [-0.2, -0.15) is 0 Å².